The normalized spacial score (nSPS) is 21.8. The van der Waals surface area contributed by atoms with E-state index in [1.165, 1.54) is 10.4 Å². The monoisotopic (exact) mass is 183 g/mol. The van der Waals surface area contributed by atoms with Crippen LogP contribution in [0.2, 0.25) is 0 Å². The quantitative estimate of drug-likeness (QED) is 0.678. The standard InChI is InChI=1S/C8H9NO2S/c10-8(11)6-3-5-1-2-12-7(5)4-9-6/h1-2,6,9H,3-4H2,(H,10,11)/t6-/m0/s1. The van der Waals surface area contributed by atoms with E-state index < -0.39 is 12.0 Å². The van der Waals surface area contributed by atoms with Crippen molar-refractivity contribution in [1.29, 1.82) is 0 Å². The number of carboxylic acid groups (broad SMARTS) is 1. The fraction of sp³-hybridized carbons (Fsp3) is 0.375. The maximum absolute atomic E-state index is 10.6. The van der Waals surface area contributed by atoms with E-state index in [2.05, 4.69) is 5.32 Å². The van der Waals surface area contributed by atoms with Crippen LogP contribution >= 0.6 is 11.3 Å². The molecule has 1 aromatic rings. The Kier molecular flexibility index (Phi) is 1.86. The summed E-state index contributed by atoms with van der Waals surface area (Å²) in [5, 5.41) is 13.7. The summed E-state index contributed by atoms with van der Waals surface area (Å²) in [6, 6.07) is 1.61. The minimum Gasteiger partial charge on any atom is -0.480 e. The number of carboxylic acids is 1. The molecular formula is C8H9NO2S. The first-order valence-corrected chi connectivity index (χ1v) is 4.67. The number of aliphatic carboxylic acids is 1. The average Bonchev–Trinajstić information content (AvgIpc) is 2.49. The van der Waals surface area contributed by atoms with Crippen molar-refractivity contribution in [2.24, 2.45) is 0 Å². The van der Waals surface area contributed by atoms with E-state index in [1.807, 2.05) is 11.4 Å². The molecule has 0 spiro atoms. The highest BCUT2D eigenvalue weighted by Gasteiger charge is 2.23. The second-order valence-corrected chi connectivity index (χ2v) is 3.85. The second kappa shape index (κ2) is 2.88. The summed E-state index contributed by atoms with van der Waals surface area (Å²) in [7, 11) is 0. The number of fused-ring (bicyclic) bond motifs is 1. The fourth-order valence-electron chi connectivity index (χ4n) is 1.39. The van der Waals surface area contributed by atoms with Gasteiger partial charge in [-0.15, -0.1) is 11.3 Å². The van der Waals surface area contributed by atoms with Crippen LogP contribution in [0.1, 0.15) is 10.4 Å². The van der Waals surface area contributed by atoms with Crippen molar-refractivity contribution in [3.05, 3.63) is 21.9 Å². The van der Waals surface area contributed by atoms with Gasteiger partial charge < -0.3 is 5.11 Å². The molecule has 0 aliphatic carbocycles. The van der Waals surface area contributed by atoms with Crippen LogP contribution in [-0.4, -0.2) is 17.1 Å². The molecule has 64 valence electrons. The molecule has 2 rings (SSSR count). The maximum Gasteiger partial charge on any atom is 0.321 e. The average molecular weight is 183 g/mol. The molecule has 0 aromatic carbocycles. The SMILES string of the molecule is O=C(O)[C@@H]1Cc2ccsc2CN1. The molecule has 0 amide bonds. The maximum atomic E-state index is 10.6. The lowest BCUT2D eigenvalue weighted by Gasteiger charge is -2.19. The third-order valence-corrected chi connectivity index (χ3v) is 3.03. The zero-order valence-electron chi connectivity index (χ0n) is 6.41. The smallest absolute Gasteiger partial charge is 0.321 e. The van der Waals surface area contributed by atoms with Crippen LogP contribution < -0.4 is 5.32 Å². The predicted molar refractivity (Wildman–Crippen MR) is 46.3 cm³/mol. The Morgan fingerprint density at radius 2 is 2.58 bits per heavy atom. The molecule has 0 bridgehead atoms. The van der Waals surface area contributed by atoms with Gasteiger partial charge in [0.15, 0.2) is 0 Å². The van der Waals surface area contributed by atoms with E-state index in [-0.39, 0.29) is 0 Å². The third-order valence-electron chi connectivity index (χ3n) is 2.07. The first-order chi connectivity index (χ1) is 5.77. The van der Waals surface area contributed by atoms with E-state index in [0.717, 1.165) is 0 Å². The summed E-state index contributed by atoms with van der Waals surface area (Å²) < 4.78 is 0. The van der Waals surface area contributed by atoms with Crippen LogP contribution in [0.5, 0.6) is 0 Å². The Hall–Kier alpha value is -0.870. The van der Waals surface area contributed by atoms with Crippen molar-refractivity contribution in [3.63, 3.8) is 0 Å². The fourth-order valence-corrected chi connectivity index (χ4v) is 2.25. The molecule has 1 aromatic heterocycles. The number of hydrogen-bond acceptors (Lipinski definition) is 3. The van der Waals surface area contributed by atoms with Crippen molar-refractivity contribution < 1.29 is 9.90 Å². The van der Waals surface area contributed by atoms with Gasteiger partial charge in [-0.2, -0.15) is 0 Å². The van der Waals surface area contributed by atoms with Gasteiger partial charge in [-0.05, 0) is 23.4 Å². The molecule has 12 heavy (non-hydrogen) atoms. The van der Waals surface area contributed by atoms with Gasteiger partial charge in [-0.3, -0.25) is 10.1 Å². The Bertz CT molecular complexity index is 308. The van der Waals surface area contributed by atoms with Crippen LogP contribution in [-0.2, 0) is 17.8 Å². The van der Waals surface area contributed by atoms with E-state index in [1.54, 1.807) is 11.3 Å². The summed E-state index contributed by atoms with van der Waals surface area (Å²) >= 11 is 1.68. The number of hydrogen-bond donors (Lipinski definition) is 2. The van der Waals surface area contributed by atoms with Crippen LogP contribution in [0, 0.1) is 0 Å². The third kappa shape index (κ3) is 1.23. The van der Waals surface area contributed by atoms with Gasteiger partial charge in [0, 0.05) is 11.4 Å². The Morgan fingerprint density at radius 1 is 1.75 bits per heavy atom. The van der Waals surface area contributed by atoms with Crippen LogP contribution in [0.25, 0.3) is 0 Å². The van der Waals surface area contributed by atoms with Gasteiger partial charge in [-0.25, -0.2) is 0 Å². The summed E-state index contributed by atoms with van der Waals surface area (Å²) in [4.78, 5) is 11.9. The molecule has 0 fully saturated rings. The van der Waals surface area contributed by atoms with Gasteiger partial charge in [0.05, 0.1) is 0 Å². The molecule has 2 heterocycles. The summed E-state index contributed by atoms with van der Waals surface area (Å²) in [6.07, 6.45) is 0.619. The molecule has 0 unspecified atom stereocenters. The van der Waals surface area contributed by atoms with Gasteiger partial charge in [0.2, 0.25) is 0 Å². The number of carbonyl (C=O) groups is 1. The van der Waals surface area contributed by atoms with Gasteiger partial charge >= 0.3 is 5.97 Å². The molecule has 0 radical (unpaired) electrons. The van der Waals surface area contributed by atoms with Crippen LogP contribution in [0.4, 0.5) is 0 Å². The molecule has 0 saturated heterocycles. The first kappa shape index (κ1) is 7.76. The highest BCUT2D eigenvalue weighted by molar-refractivity contribution is 7.10. The molecule has 1 aliphatic heterocycles. The highest BCUT2D eigenvalue weighted by Crippen LogP contribution is 2.21. The molecular weight excluding hydrogens is 174 g/mol. The van der Waals surface area contributed by atoms with Crippen molar-refractivity contribution in [1.82, 2.24) is 5.32 Å². The minimum absolute atomic E-state index is 0.396. The van der Waals surface area contributed by atoms with Gasteiger partial charge in [-0.1, -0.05) is 0 Å². The lowest BCUT2D eigenvalue weighted by Crippen LogP contribution is -2.40. The van der Waals surface area contributed by atoms with Crippen molar-refractivity contribution >= 4 is 17.3 Å². The summed E-state index contributed by atoms with van der Waals surface area (Å²) in [6.45, 7) is 0.698. The van der Waals surface area contributed by atoms with E-state index in [4.69, 9.17) is 5.11 Å². The lowest BCUT2D eigenvalue weighted by atomic mass is 10.0. The Balaban J connectivity index is 2.20. The van der Waals surface area contributed by atoms with Crippen molar-refractivity contribution in [3.8, 4) is 0 Å². The van der Waals surface area contributed by atoms with E-state index in [9.17, 15) is 4.79 Å². The summed E-state index contributed by atoms with van der Waals surface area (Å²) in [5.41, 5.74) is 1.19. The van der Waals surface area contributed by atoms with Gasteiger partial charge in [0.25, 0.3) is 0 Å². The Labute approximate surface area is 74.0 Å². The largest absolute Gasteiger partial charge is 0.480 e. The zero-order valence-corrected chi connectivity index (χ0v) is 7.23. The zero-order chi connectivity index (χ0) is 8.55. The minimum atomic E-state index is -0.758. The molecule has 2 N–H and O–H groups in total. The molecule has 0 saturated carbocycles. The van der Waals surface area contributed by atoms with Crippen LogP contribution in [0.3, 0.4) is 0 Å². The number of nitrogens with one attached hydrogen (secondary N) is 1. The molecule has 1 aliphatic rings. The predicted octanol–water partition coefficient (Wildman–Crippen LogP) is 0.847. The second-order valence-electron chi connectivity index (χ2n) is 2.84. The molecule has 3 nitrogen and oxygen atoms in total. The molecule has 1 atom stereocenters. The first-order valence-electron chi connectivity index (χ1n) is 3.79. The van der Waals surface area contributed by atoms with E-state index >= 15 is 0 Å². The summed E-state index contributed by atoms with van der Waals surface area (Å²) in [5.74, 6) is -0.758. The van der Waals surface area contributed by atoms with Crippen molar-refractivity contribution in [2.45, 2.75) is 19.0 Å². The number of thiophene rings is 1. The molecule has 4 heteroatoms. The number of rotatable bonds is 1. The van der Waals surface area contributed by atoms with Crippen molar-refractivity contribution in [2.75, 3.05) is 0 Å². The lowest BCUT2D eigenvalue weighted by molar-refractivity contribution is -0.139. The highest BCUT2D eigenvalue weighted by atomic mass is 32.1. The van der Waals surface area contributed by atoms with E-state index in [0.29, 0.717) is 13.0 Å². The van der Waals surface area contributed by atoms with Gasteiger partial charge in [0.1, 0.15) is 6.04 Å². The topological polar surface area (TPSA) is 49.3 Å². The van der Waals surface area contributed by atoms with Crippen LogP contribution in [0.15, 0.2) is 11.4 Å². The Morgan fingerprint density at radius 3 is 3.33 bits per heavy atom.